The summed E-state index contributed by atoms with van der Waals surface area (Å²) in [4.78, 5) is 0. The van der Waals surface area contributed by atoms with Crippen LogP contribution in [0.3, 0.4) is 0 Å². The molecule has 0 aromatic heterocycles. The lowest BCUT2D eigenvalue weighted by molar-refractivity contribution is 0.135. The van der Waals surface area contributed by atoms with Crippen molar-refractivity contribution >= 4 is 15.2 Å². The minimum atomic E-state index is -4.53. The predicted octanol–water partition coefficient (Wildman–Crippen LogP) is 5.39. The van der Waals surface area contributed by atoms with Gasteiger partial charge in [-0.1, -0.05) is 12.1 Å². The summed E-state index contributed by atoms with van der Waals surface area (Å²) in [6.07, 6.45) is -0.557. The number of hydrogen-bond donors (Lipinski definition) is 0. The van der Waals surface area contributed by atoms with Gasteiger partial charge in [0.1, 0.15) is 5.75 Å². The molecule has 0 bridgehead atoms. The zero-order valence-corrected chi connectivity index (χ0v) is 18.3. The van der Waals surface area contributed by atoms with Crippen LogP contribution in [0.1, 0.15) is 33.3 Å². The third kappa shape index (κ3) is 5.41. The lowest BCUT2D eigenvalue weighted by Gasteiger charge is -2.36. The highest BCUT2D eigenvalue weighted by molar-refractivity contribution is 7.73. The average molecular weight is 426 g/mol. The van der Waals surface area contributed by atoms with Crippen LogP contribution in [0.5, 0.6) is 5.75 Å². The number of rotatable bonds is 13. The summed E-state index contributed by atoms with van der Waals surface area (Å²) in [6, 6.07) is 6.48. The maximum absolute atomic E-state index is 16.5. The molecule has 156 valence electrons. The molecular formula is C17H29FO7P2. The van der Waals surface area contributed by atoms with E-state index in [2.05, 4.69) is 0 Å². The smallest absolute Gasteiger partial charge is 0.380 e. The Kier molecular flexibility index (Phi) is 9.63. The summed E-state index contributed by atoms with van der Waals surface area (Å²) in [5, 5.41) is -3.02. The number of ether oxygens (including phenoxy) is 1. The van der Waals surface area contributed by atoms with Crippen molar-refractivity contribution in [3.8, 4) is 5.75 Å². The van der Waals surface area contributed by atoms with Gasteiger partial charge in [-0.25, -0.2) is 4.39 Å². The van der Waals surface area contributed by atoms with Crippen molar-refractivity contribution in [2.75, 3.05) is 33.5 Å². The standard InChI is InChI=1S/C17H29FO7P2/c1-6-22-26(19,23-7-2)17(18,27(20,24-8-3)25-9-4)14-15-11-10-12-16(13-15)21-5/h10-13H,6-9,14H2,1-5H3. The minimum absolute atomic E-state index is 0.0979. The lowest BCUT2D eigenvalue weighted by Crippen LogP contribution is -2.31. The van der Waals surface area contributed by atoms with E-state index < -0.39 is 26.8 Å². The Morgan fingerprint density at radius 2 is 1.33 bits per heavy atom. The zero-order chi connectivity index (χ0) is 20.6. The van der Waals surface area contributed by atoms with Gasteiger partial charge in [-0.2, -0.15) is 0 Å². The topological polar surface area (TPSA) is 80.3 Å². The molecule has 0 saturated heterocycles. The van der Waals surface area contributed by atoms with Crippen molar-refractivity contribution in [2.45, 2.75) is 39.3 Å². The average Bonchev–Trinajstić information content (AvgIpc) is 2.62. The summed E-state index contributed by atoms with van der Waals surface area (Å²) in [5.74, 6) is 0.472. The Bertz CT molecular complexity index is 633. The van der Waals surface area contributed by atoms with Gasteiger partial charge in [-0.15, -0.1) is 0 Å². The highest BCUT2D eigenvalue weighted by Gasteiger charge is 2.66. The van der Waals surface area contributed by atoms with Crippen molar-refractivity contribution in [1.29, 1.82) is 0 Å². The van der Waals surface area contributed by atoms with Gasteiger partial charge in [0.15, 0.2) is 0 Å². The van der Waals surface area contributed by atoms with Crippen LogP contribution in [0.4, 0.5) is 4.39 Å². The first-order valence-corrected chi connectivity index (χ1v) is 11.9. The van der Waals surface area contributed by atoms with Gasteiger partial charge in [0, 0.05) is 6.42 Å². The van der Waals surface area contributed by atoms with E-state index >= 15 is 4.39 Å². The first-order chi connectivity index (χ1) is 12.8. The normalized spacial score (nSPS) is 13.0. The third-order valence-electron chi connectivity index (χ3n) is 3.60. The van der Waals surface area contributed by atoms with Crippen molar-refractivity contribution in [3.63, 3.8) is 0 Å². The molecule has 0 atom stereocenters. The SMILES string of the molecule is CCOP(=O)(OCC)C(F)(Cc1cccc(OC)c1)P(=O)(OCC)OCC. The van der Waals surface area contributed by atoms with Crippen LogP contribution in [0.25, 0.3) is 0 Å². The minimum Gasteiger partial charge on any atom is -0.497 e. The van der Waals surface area contributed by atoms with E-state index in [1.807, 2.05) is 0 Å². The van der Waals surface area contributed by atoms with Crippen molar-refractivity contribution < 1.29 is 36.4 Å². The molecule has 1 rings (SSSR count). The summed E-state index contributed by atoms with van der Waals surface area (Å²) in [6.45, 7) is 5.79. The van der Waals surface area contributed by atoms with Crippen LogP contribution in [0, 0.1) is 0 Å². The Hall–Kier alpha value is -0.750. The molecule has 0 N–H and O–H groups in total. The van der Waals surface area contributed by atoms with E-state index in [1.54, 1.807) is 52.0 Å². The number of alkyl halides is 1. The zero-order valence-electron chi connectivity index (χ0n) is 16.5. The molecule has 0 radical (unpaired) electrons. The quantitative estimate of drug-likeness (QED) is 0.391. The fraction of sp³-hybridized carbons (Fsp3) is 0.647. The van der Waals surface area contributed by atoms with Gasteiger partial charge in [0.2, 0.25) is 0 Å². The maximum Gasteiger partial charge on any atom is 0.380 e. The van der Waals surface area contributed by atoms with Crippen molar-refractivity contribution in [3.05, 3.63) is 29.8 Å². The molecule has 0 aliphatic rings. The number of benzene rings is 1. The van der Waals surface area contributed by atoms with Crippen molar-refractivity contribution in [1.82, 2.24) is 0 Å². The Labute approximate surface area is 160 Å². The van der Waals surface area contributed by atoms with E-state index in [4.69, 9.17) is 22.8 Å². The first-order valence-electron chi connectivity index (χ1n) is 8.86. The summed E-state index contributed by atoms with van der Waals surface area (Å²) in [7, 11) is -7.59. The predicted molar refractivity (Wildman–Crippen MR) is 102 cm³/mol. The molecule has 1 aromatic carbocycles. The summed E-state index contributed by atoms with van der Waals surface area (Å²) < 4.78 is 69.2. The first kappa shape index (κ1) is 24.3. The number of methoxy groups -OCH3 is 1. The Balaban J connectivity index is 3.57. The largest absolute Gasteiger partial charge is 0.497 e. The molecule has 0 unspecified atom stereocenters. The van der Waals surface area contributed by atoms with Gasteiger partial charge in [0.05, 0.1) is 33.5 Å². The summed E-state index contributed by atoms with van der Waals surface area (Å²) >= 11 is 0. The molecule has 0 heterocycles. The second-order valence-corrected chi connectivity index (χ2v) is 10.2. The maximum atomic E-state index is 16.5. The van der Waals surface area contributed by atoms with Crippen LogP contribution in [-0.4, -0.2) is 38.7 Å². The van der Waals surface area contributed by atoms with Crippen LogP contribution in [0.15, 0.2) is 24.3 Å². The van der Waals surface area contributed by atoms with Gasteiger partial charge in [-0.3, -0.25) is 9.13 Å². The van der Waals surface area contributed by atoms with Crippen molar-refractivity contribution in [2.24, 2.45) is 0 Å². The van der Waals surface area contributed by atoms with E-state index in [9.17, 15) is 9.13 Å². The molecule has 10 heteroatoms. The molecule has 0 saturated carbocycles. The van der Waals surface area contributed by atoms with E-state index in [0.29, 0.717) is 11.3 Å². The molecule has 1 aromatic rings. The second-order valence-electron chi connectivity index (χ2n) is 5.41. The van der Waals surface area contributed by atoms with Crippen LogP contribution >= 0.6 is 15.2 Å². The molecule has 0 aliphatic heterocycles. The molecule has 0 fully saturated rings. The van der Waals surface area contributed by atoms with Crippen LogP contribution in [0.2, 0.25) is 0 Å². The van der Waals surface area contributed by atoms with E-state index in [-0.39, 0.29) is 26.4 Å². The fourth-order valence-corrected chi connectivity index (χ4v) is 7.48. The fourth-order valence-electron chi connectivity index (χ4n) is 2.54. The van der Waals surface area contributed by atoms with E-state index in [1.165, 1.54) is 7.11 Å². The Morgan fingerprint density at radius 3 is 1.70 bits per heavy atom. The number of hydrogen-bond acceptors (Lipinski definition) is 7. The van der Waals surface area contributed by atoms with Gasteiger partial charge >= 0.3 is 20.3 Å². The van der Waals surface area contributed by atoms with E-state index in [0.717, 1.165) is 0 Å². The third-order valence-corrected chi connectivity index (χ3v) is 9.46. The Morgan fingerprint density at radius 1 is 0.889 bits per heavy atom. The molecule has 27 heavy (non-hydrogen) atoms. The molecule has 7 nitrogen and oxygen atoms in total. The van der Waals surface area contributed by atoms with Gasteiger partial charge < -0.3 is 22.8 Å². The lowest BCUT2D eigenvalue weighted by atomic mass is 10.1. The molecular weight excluding hydrogens is 397 g/mol. The second kappa shape index (κ2) is 10.7. The monoisotopic (exact) mass is 426 g/mol. The molecule has 0 aliphatic carbocycles. The van der Waals surface area contributed by atoms with Crippen LogP contribution < -0.4 is 4.74 Å². The highest BCUT2D eigenvalue weighted by Crippen LogP contribution is 2.79. The molecule has 0 spiro atoms. The number of halogens is 1. The summed E-state index contributed by atoms with van der Waals surface area (Å²) in [5.41, 5.74) is 0.385. The van der Waals surface area contributed by atoms with Crippen LogP contribution in [-0.2, 0) is 33.6 Å². The van der Waals surface area contributed by atoms with Gasteiger partial charge in [-0.05, 0) is 45.4 Å². The highest BCUT2D eigenvalue weighted by atomic mass is 31.2. The molecule has 0 amide bonds. The van der Waals surface area contributed by atoms with Gasteiger partial charge in [0.25, 0.3) is 0 Å².